The fourth-order valence-electron chi connectivity index (χ4n) is 1.62. The molecular weight excluding hydrogens is 368 g/mol. The number of aromatic nitrogens is 2. The van der Waals surface area contributed by atoms with E-state index < -0.39 is 10.0 Å². The highest BCUT2D eigenvalue weighted by molar-refractivity contribution is 9.10. The third-order valence-electron chi connectivity index (χ3n) is 2.49. The predicted molar refractivity (Wildman–Crippen MR) is 81.3 cm³/mol. The molecule has 0 saturated carbocycles. The van der Waals surface area contributed by atoms with Gasteiger partial charge in [0.05, 0.1) is 16.9 Å². The summed E-state index contributed by atoms with van der Waals surface area (Å²) < 4.78 is 27.8. The lowest BCUT2D eigenvalue weighted by Crippen LogP contribution is -2.17. The van der Waals surface area contributed by atoms with Gasteiger partial charge in [0.15, 0.2) is 5.03 Å². The second kappa shape index (κ2) is 6.13. The van der Waals surface area contributed by atoms with Crippen LogP contribution in [0.5, 0.6) is 0 Å². The van der Waals surface area contributed by atoms with Crippen molar-refractivity contribution in [2.24, 2.45) is 0 Å². The number of rotatable bonds is 5. The molecule has 3 N–H and O–H groups in total. The van der Waals surface area contributed by atoms with Crippen molar-refractivity contribution in [2.75, 3.05) is 11.8 Å². The average molecular weight is 380 g/mol. The van der Waals surface area contributed by atoms with Crippen LogP contribution in [0.2, 0.25) is 5.02 Å². The lowest BCUT2D eigenvalue weighted by atomic mass is 10.3. The largest absolute Gasteiger partial charge is 0.316 e. The Morgan fingerprint density at radius 1 is 1.45 bits per heavy atom. The van der Waals surface area contributed by atoms with Crippen molar-refractivity contribution in [2.45, 2.75) is 11.6 Å². The molecule has 6 nitrogen and oxygen atoms in total. The molecule has 0 bridgehead atoms. The van der Waals surface area contributed by atoms with E-state index in [-0.39, 0.29) is 5.03 Å². The van der Waals surface area contributed by atoms with E-state index in [0.717, 1.165) is 4.47 Å². The van der Waals surface area contributed by atoms with Crippen LogP contribution >= 0.6 is 27.5 Å². The van der Waals surface area contributed by atoms with E-state index in [2.05, 4.69) is 36.2 Å². The zero-order valence-electron chi connectivity index (χ0n) is 10.4. The van der Waals surface area contributed by atoms with Gasteiger partial charge in [0.2, 0.25) is 0 Å². The zero-order valence-corrected chi connectivity index (χ0v) is 13.6. The molecule has 0 unspecified atom stereocenters. The molecule has 0 saturated heterocycles. The quantitative estimate of drug-likeness (QED) is 0.744. The Morgan fingerprint density at radius 2 is 2.20 bits per heavy atom. The molecule has 0 spiro atoms. The Kier molecular flexibility index (Phi) is 4.69. The Labute approximate surface area is 130 Å². The molecule has 108 valence electrons. The smallest absolute Gasteiger partial charge is 0.279 e. The van der Waals surface area contributed by atoms with Crippen LogP contribution in [0.25, 0.3) is 0 Å². The number of nitrogens with one attached hydrogen (secondary N) is 3. The highest BCUT2D eigenvalue weighted by Gasteiger charge is 2.21. The molecule has 2 rings (SSSR count). The van der Waals surface area contributed by atoms with Gasteiger partial charge in [0.1, 0.15) is 0 Å². The van der Waals surface area contributed by atoms with Gasteiger partial charge < -0.3 is 5.32 Å². The van der Waals surface area contributed by atoms with E-state index in [9.17, 15) is 8.42 Å². The standard InChI is InChI=1S/C11H12BrClN4O2S/c1-14-5-7-6-15-16-11(7)20(18,19)17-10-4-8(12)2-3-9(10)13/h2-4,6,14,17H,5H2,1H3,(H,15,16). The van der Waals surface area contributed by atoms with Crippen molar-refractivity contribution in [1.29, 1.82) is 0 Å². The van der Waals surface area contributed by atoms with E-state index in [1.54, 1.807) is 25.2 Å². The summed E-state index contributed by atoms with van der Waals surface area (Å²) in [7, 11) is -2.05. The topological polar surface area (TPSA) is 86.9 Å². The number of hydrogen-bond donors (Lipinski definition) is 3. The molecule has 9 heteroatoms. The van der Waals surface area contributed by atoms with Crippen LogP contribution in [0, 0.1) is 0 Å². The summed E-state index contributed by atoms with van der Waals surface area (Å²) in [5, 5.41) is 9.46. The third kappa shape index (κ3) is 3.32. The van der Waals surface area contributed by atoms with Gasteiger partial charge in [0.25, 0.3) is 10.0 Å². The maximum absolute atomic E-state index is 12.3. The van der Waals surface area contributed by atoms with Gasteiger partial charge in [-0.1, -0.05) is 27.5 Å². The summed E-state index contributed by atoms with van der Waals surface area (Å²) in [6.07, 6.45) is 1.47. The lowest BCUT2D eigenvalue weighted by Gasteiger charge is -2.10. The molecule has 0 radical (unpaired) electrons. The summed E-state index contributed by atoms with van der Waals surface area (Å²) in [4.78, 5) is 0. The maximum Gasteiger partial charge on any atom is 0.279 e. The van der Waals surface area contributed by atoms with Crippen molar-refractivity contribution in [3.63, 3.8) is 0 Å². The number of sulfonamides is 1. The summed E-state index contributed by atoms with van der Waals surface area (Å²) in [5.41, 5.74) is 0.845. The summed E-state index contributed by atoms with van der Waals surface area (Å²) in [6, 6.07) is 4.92. The van der Waals surface area contributed by atoms with Crippen LogP contribution in [0.1, 0.15) is 5.56 Å². The Bertz CT molecular complexity index is 717. The molecule has 1 aromatic carbocycles. The third-order valence-corrected chi connectivity index (χ3v) is 4.69. The van der Waals surface area contributed by atoms with Crippen molar-refractivity contribution < 1.29 is 8.42 Å². The Hall–Kier alpha value is -1.09. The second-order valence-electron chi connectivity index (χ2n) is 3.98. The zero-order chi connectivity index (χ0) is 14.8. The number of aromatic amines is 1. The SMILES string of the molecule is CNCc1cn[nH]c1S(=O)(=O)Nc1cc(Br)ccc1Cl. The highest BCUT2D eigenvalue weighted by atomic mass is 79.9. The predicted octanol–water partition coefficient (Wildman–Crippen LogP) is 2.35. The number of halogens is 2. The van der Waals surface area contributed by atoms with E-state index in [0.29, 0.717) is 22.8 Å². The van der Waals surface area contributed by atoms with Gasteiger partial charge in [-0.15, -0.1) is 0 Å². The van der Waals surface area contributed by atoms with Gasteiger partial charge in [-0.25, -0.2) is 0 Å². The van der Waals surface area contributed by atoms with Crippen LogP contribution < -0.4 is 10.0 Å². The van der Waals surface area contributed by atoms with Crippen LogP contribution in [-0.2, 0) is 16.6 Å². The molecule has 0 aliphatic carbocycles. The minimum atomic E-state index is -3.78. The van der Waals surface area contributed by atoms with E-state index in [1.807, 2.05) is 0 Å². The first-order valence-electron chi connectivity index (χ1n) is 5.59. The van der Waals surface area contributed by atoms with Gasteiger partial charge in [-0.3, -0.25) is 9.82 Å². The molecule has 2 aromatic rings. The van der Waals surface area contributed by atoms with Crippen LogP contribution in [0.15, 0.2) is 33.9 Å². The minimum Gasteiger partial charge on any atom is -0.316 e. The molecule has 0 fully saturated rings. The summed E-state index contributed by atoms with van der Waals surface area (Å²) in [6.45, 7) is 0.388. The van der Waals surface area contributed by atoms with Gasteiger partial charge in [0, 0.05) is 16.6 Å². The molecule has 0 amide bonds. The molecule has 0 atom stereocenters. The van der Waals surface area contributed by atoms with E-state index in [4.69, 9.17) is 11.6 Å². The molecule has 0 aliphatic heterocycles. The summed E-state index contributed by atoms with van der Waals surface area (Å²) >= 11 is 9.25. The maximum atomic E-state index is 12.3. The summed E-state index contributed by atoms with van der Waals surface area (Å²) in [5.74, 6) is 0. The van der Waals surface area contributed by atoms with E-state index >= 15 is 0 Å². The fraction of sp³-hybridized carbons (Fsp3) is 0.182. The van der Waals surface area contributed by atoms with E-state index in [1.165, 1.54) is 6.20 Å². The molecular formula is C11H12BrClN4O2S. The first-order valence-corrected chi connectivity index (χ1v) is 8.24. The van der Waals surface area contributed by atoms with Crippen molar-refractivity contribution in [1.82, 2.24) is 15.5 Å². The highest BCUT2D eigenvalue weighted by Crippen LogP contribution is 2.28. The number of H-pyrrole nitrogens is 1. The van der Waals surface area contributed by atoms with Gasteiger partial charge in [-0.2, -0.15) is 13.5 Å². The fourth-order valence-corrected chi connectivity index (χ4v) is 3.41. The lowest BCUT2D eigenvalue weighted by molar-refractivity contribution is 0.595. The Balaban J connectivity index is 2.36. The van der Waals surface area contributed by atoms with Crippen molar-refractivity contribution in [3.8, 4) is 0 Å². The van der Waals surface area contributed by atoms with Crippen LogP contribution in [-0.4, -0.2) is 25.7 Å². The minimum absolute atomic E-state index is 0.0166. The molecule has 1 heterocycles. The van der Waals surface area contributed by atoms with Crippen LogP contribution in [0.3, 0.4) is 0 Å². The monoisotopic (exact) mass is 378 g/mol. The molecule has 1 aromatic heterocycles. The van der Waals surface area contributed by atoms with Crippen molar-refractivity contribution >= 4 is 43.2 Å². The van der Waals surface area contributed by atoms with Crippen molar-refractivity contribution in [3.05, 3.63) is 39.5 Å². The Morgan fingerprint density at radius 3 is 2.90 bits per heavy atom. The number of benzene rings is 1. The van der Waals surface area contributed by atoms with Crippen LogP contribution in [0.4, 0.5) is 5.69 Å². The average Bonchev–Trinajstić information content (AvgIpc) is 2.83. The van der Waals surface area contributed by atoms with Gasteiger partial charge >= 0.3 is 0 Å². The second-order valence-corrected chi connectivity index (χ2v) is 6.93. The first kappa shape index (κ1) is 15.3. The first-order chi connectivity index (χ1) is 9.44. The number of anilines is 1. The normalized spacial score (nSPS) is 11.6. The number of nitrogens with zero attached hydrogens (tertiary/aromatic N) is 1. The van der Waals surface area contributed by atoms with Gasteiger partial charge in [-0.05, 0) is 25.2 Å². The number of hydrogen-bond acceptors (Lipinski definition) is 4. The molecule has 0 aliphatic rings. The molecule has 20 heavy (non-hydrogen) atoms.